The quantitative estimate of drug-likeness (QED) is 0.621. The number of methoxy groups -OCH3 is 1. The van der Waals surface area contributed by atoms with Gasteiger partial charge in [-0.05, 0) is 42.8 Å². The van der Waals surface area contributed by atoms with Crippen LogP contribution >= 0.6 is 0 Å². The van der Waals surface area contributed by atoms with Crippen LogP contribution in [0.3, 0.4) is 0 Å². The summed E-state index contributed by atoms with van der Waals surface area (Å²) in [4.78, 5) is 28.6. The molecule has 0 aliphatic carbocycles. The topological polar surface area (TPSA) is 68.3 Å². The Bertz CT molecular complexity index is 845. The number of carbonyl (C=O) groups excluding carboxylic acids is 2. The Hall–Kier alpha value is -3.22. The maximum absolute atomic E-state index is 12.5. The fourth-order valence-electron chi connectivity index (χ4n) is 3.30. The lowest BCUT2D eigenvalue weighted by atomic mass is 10.2. The molecule has 0 saturated carbocycles. The Morgan fingerprint density at radius 2 is 1.67 bits per heavy atom. The molecule has 0 spiro atoms. The number of carbonyl (C=O) groups is 2. The average Bonchev–Trinajstić information content (AvgIpc) is 2.81. The summed E-state index contributed by atoms with van der Waals surface area (Å²) in [7, 11) is 1.65. The van der Waals surface area contributed by atoms with Crippen molar-refractivity contribution in [3.05, 3.63) is 54.1 Å². The Labute approximate surface area is 177 Å². The van der Waals surface area contributed by atoms with Gasteiger partial charge in [-0.1, -0.05) is 19.1 Å². The maximum Gasteiger partial charge on any atom is 0.338 e. The number of benzene rings is 2. The number of esters is 1. The SMILES string of the molecule is CCCOc1ccc(C(=O)OCC(=O)N2CCN(c3ccccc3OC)CC2)cc1. The molecule has 0 bridgehead atoms. The third-order valence-corrected chi connectivity index (χ3v) is 4.95. The Balaban J connectivity index is 1.46. The lowest BCUT2D eigenvalue weighted by Crippen LogP contribution is -2.50. The Morgan fingerprint density at radius 3 is 2.33 bits per heavy atom. The summed E-state index contributed by atoms with van der Waals surface area (Å²) in [5.74, 6) is 0.818. The fourth-order valence-corrected chi connectivity index (χ4v) is 3.30. The standard InChI is InChI=1S/C23H28N2O5/c1-3-16-29-19-10-8-18(9-11-19)23(27)30-17-22(26)25-14-12-24(13-15-25)20-6-4-5-7-21(20)28-2/h4-11H,3,12-17H2,1-2H3. The highest BCUT2D eigenvalue weighted by Crippen LogP contribution is 2.28. The van der Waals surface area contributed by atoms with Crippen LogP contribution in [0.1, 0.15) is 23.7 Å². The maximum atomic E-state index is 12.5. The van der Waals surface area contributed by atoms with Crippen LogP contribution in [0.5, 0.6) is 11.5 Å². The minimum absolute atomic E-state index is 0.189. The first kappa shape index (κ1) is 21.5. The van der Waals surface area contributed by atoms with Gasteiger partial charge in [0.2, 0.25) is 0 Å². The van der Waals surface area contributed by atoms with Gasteiger partial charge in [0.05, 0.1) is 25.0 Å². The summed E-state index contributed by atoms with van der Waals surface area (Å²) >= 11 is 0. The number of piperazine rings is 1. The van der Waals surface area contributed by atoms with Crippen molar-refractivity contribution >= 4 is 17.6 Å². The van der Waals surface area contributed by atoms with E-state index in [1.54, 1.807) is 36.3 Å². The van der Waals surface area contributed by atoms with E-state index in [-0.39, 0.29) is 12.5 Å². The van der Waals surface area contributed by atoms with Crippen molar-refractivity contribution in [3.8, 4) is 11.5 Å². The van der Waals surface area contributed by atoms with E-state index in [9.17, 15) is 9.59 Å². The summed E-state index contributed by atoms with van der Waals surface area (Å²) < 4.78 is 16.1. The van der Waals surface area contributed by atoms with Gasteiger partial charge in [-0.15, -0.1) is 0 Å². The number of rotatable bonds is 8. The highest BCUT2D eigenvalue weighted by Gasteiger charge is 2.23. The van der Waals surface area contributed by atoms with Crippen LogP contribution in [0, 0.1) is 0 Å². The van der Waals surface area contributed by atoms with E-state index in [0.29, 0.717) is 44.1 Å². The van der Waals surface area contributed by atoms with Crippen LogP contribution in [-0.2, 0) is 9.53 Å². The van der Waals surface area contributed by atoms with Crippen LogP contribution in [0.2, 0.25) is 0 Å². The minimum Gasteiger partial charge on any atom is -0.495 e. The van der Waals surface area contributed by atoms with Gasteiger partial charge >= 0.3 is 5.97 Å². The van der Waals surface area contributed by atoms with Crippen molar-refractivity contribution in [3.63, 3.8) is 0 Å². The second-order valence-corrected chi connectivity index (χ2v) is 6.99. The van der Waals surface area contributed by atoms with E-state index < -0.39 is 5.97 Å². The van der Waals surface area contributed by atoms with E-state index in [0.717, 1.165) is 17.9 Å². The number of para-hydroxylation sites is 2. The predicted molar refractivity (Wildman–Crippen MR) is 114 cm³/mol. The molecule has 0 N–H and O–H groups in total. The minimum atomic E-state index is -0.516. The van der Waals surface area contributed by atoms with Gasteiger partial charge in [-0.2, -0.15) is 0 Å². The van der Waals surface area contributed by atoms with E-state index in [2.05, 4.69) is 4.90 Å². The number of anilines is 1. The van der Waals surface area contributed by atoms with E-state index in [1.807, 2.05) is 31.2 Å². The molecule has 1 saturated heterocycles. The van der Waals surface area contributed by atoms with Crippen molar-refractivity contribution in [2.75, 3.05) is 51.4 Å². The molecule has 0 atom stereocenters. The first-order valence-corrected chi connectivity index (χ1v) is 10.2. The molecular formula is C23H28N2O5. The molecular weight excluding hydrogens is 384 g/mol. The van der Waals surface area contributed by atoms with Crippen molar-refractivity contribution in [1.29, 1.82) is 0 Å². The molecule has 0 unspecified atom stereocenters. The Kier molecular flexibility index (Phi) is 7.54. The number of hydrogen-bond acceptors (Lipinski definition) is 6. The average molecular weight is 412 g/mol. The normalized spacial score (nSPS) is 13.7. The molecule has 160 valence electrons. The third kappa shape index (κ3) is 5.43. The van der Waals surface area contributed by atoms with Crippen LogP contribution in [0.4, 0.5) is 5.69 Å². The predicted octanol–water partition coefficient (Wildman–Crippen LogP) is 2.99. The first-order chi connectivity index (χ1) is 14.6. The highest BCUT2D eigenvalue weighted by molar-refractivity contribution is 5.91. The summed E-state index contributed by atoms with van der Waals surface area (Å²) in [6.07, 6.45) is 0.916. The van der Waals surface area contributed by atoms with E-state index >= 15 is 0 Å². The van der Waals surface area contributed by atoms with Crippen molar-refractivity contribution < 1.29 is 23.8 Å². The van der Waals surface area contributed by atoms with Crippen LogP contribution in [0.15, 0.2) is 48.5 Å². The molecule has 0 aromatic heterocycles. The molecule has 30 heavy (non-hydrogen) atoms. The van der Waals surface area contributed by atoms with E-state index in [4.69, 9.17) is 14.2 Å². The van der Waals surface area contributed by atoms with Crippen molar-refractivity contribution in [1.82, 2.24) is 4.90 Å². The summed E-state index contributed by atoms with van der Waals surface area (Å²) in [5, 5.41) is 0. The first-order valence-electron chi connectivity index (χ1n) is 10.2. The lowest BCUT2D eigenvalue weighted by molar-refractivity contribution is -0.134. The molecule has 2 aromatic carbocycles. The summed E-state index contributed by atoms with van der Waals surface area (Å²) in [6, 6.07) is 14.6. The van der Waals surface area contributed by atoms with Gasteiger partial charge in [0.1, 0.15) is 11.5 Å². The van der Waals surface area contributed by atoms with Gasteiger partial charge in [0, 0.05) is 26.2 Å². The van der Waals surface area contributed by atoms with Crippen LogP contribution in [-0.4, -0.2) is 63.3 Å². The van der Waals surface area contributed by atoms with Gasteiger partial charge in [0.15, 0.2) is 6.61 Å². The van der Waals surface area contributed by atoms with Gasteiger partial charge in [0.25, 0.3) is 5.91 Å². The van der Waals surface area contributed by atoms with Crippen LogP contribution in [0.25, 0.3) is 0 Å². The Morgan fingerprint density at radius 1 is 0.967 bits per heavy atom. The molecule has 2 aromatic rings. The molecule has 0 radical (unpaired) electrons. The molecule has 7 heteroatoms. The molecule has 1 heterocycles. The number of ether oxygens (including phenoxy) is 3. The largest absolute Gasteiger partial charge is 0.495 e. The zero-order valence-electron chi connectivity index (χ0n) is 17.5. The number of nitrogens with zero attached hydrogens (tertiary/aromatic N) is 2. The molecule has 3 rings (SSSR count). The van der Waals surface area contributed by atoms with Crippen molar-refractivity contribution in [2.45, 2.75) is 13.3 Å². The van der Waals surface area contributed by atoms with Crippen LogP contribution < -0.4 is 14.4 Å². The van der Waals surface area contributed by atoms with Gasteiger partial charge in [-0.3, -0.25) is 4.79 Å². The van der Waals surface area contributed by atoms with Crippen molar-refractivity contribution in [2.24, 2.45) is 0 Å². The number of hydrogen-bond donors (Lipinski definition) is 0. The highest BCUT2D eigenvalue weighted by atomic mass is 16.5. The smallest absolute Gasteiger partial charge is 0.338 e. The van der Waals surface area contributed by atoms with E-state index in [1.165, 1.54) is 0 Å². The monoisotopic (exact) mass is 412 g/mol. The second kappa shape index (κ2) is 10.5. The van der Waals surface area contributed by atoms with Gasteiger partial charge < -0.3 is 24.0 Å². The number of amides is 1. The molecule has 7 nitrogen and oxygen atoms in total. The zero-order chi connectivity index (χ0) is 21.3. The lowest BCUT2D eigenvalue weighted by Gasteiger charge is -2.36. The summed E-state index contributed by atoms with van der Waals surface area (Å²) in [6.45, 7) is 4.92. The second-order valence-electron chi connectivity index (χ2n) is 6.99. The molecule has 1 aliphatic rings. The van der Waals surface area contributed by atoms with Gasteiger partial charge in [-0.25, -0.2) is 4.79 Å². The molecule has 1 aliphatic heterocycles. The third-order valence-electron chi connectivity index (χ3n) is 4.95. The molecule has 1 fully saturated rings. The summed E-state index contributed by atoms with van der Waals surface area (Å²) in [5.41, 5.74) is 1.41. The zero-order valence-corrected chi connectivity index (χ0v) is 17.5. The fraction of sp³-hybridized carbons (Fsp3) is 0.391. The molecule has 1 amide bonds.